The second-order valence-electron chi connectivity index (χ2n) is 3.67. The molecule has 0 radical (unpaired) electrons. The van der Waals surface area contributed by atoms with Crippen molar-refractivity contribution in [2.24, 2.45) is 0 Å². The van der Waals surface area contributed by atoms with E-state index in [-0.39, 0.29) is 22.8 Å². The number of non-ortho nitro benzene ring substituents is 1. The number of rotatable bonds is 1. The van der Waals surface area contributed by atoms with Gasteiger partial charge in [-0.05, 0) is 13.0 Å². The summed E-state index contributed by atoms with van der Waals surface area (Å²) in [6, 6.07) is 3.06. The smallest absolute Gasteiger partial charge is 0.270 e. The van der Waals surface area contributed by atoms with Crippen molar-refractivity contribution >= 4 is 23.2 Å². The zero-order valence-corrected chi connectivity index (χ0v) is 8.89. The number of nitrogens with one attached hydrogen (secondary N) is 2. The maximum Gasteiger partial charge on any atom is 0.270 e. The molecule has 1 heterocycles. The molecule has 0 saturated carbocycles. The van der Waals surface area contributed by atoms with E-state index in [0.29, 0.717) is 0 Å². The first kappa shape index (κ1) is 11.1. The first-order valence-electron chi connectivity index (χ1n) is 4.89. The minimum atomic E-state index is -0.672. The van der Waals surface area contributed by atoms with E-state index in [4.69, 9.17) is 0 Å². The third kappa shape index (κ3) is 1.94. The standard InChI is InChI=1S/C10H9N3O4/c1-5-9(14)12-8-3-2-6(13(16)17)4-7(8)10(15)11-5/h2-5H,1H3,(H,11,15)(H,12,14). The Labute approximate surface area is 96.0 Å². The van der Waals surface area contributed by atoms with Crippen LogP contribution in [0.4, 0.5) is 11.4 Å². The summed E-state index contributed by atoms with van der Waals surface area (Å²) in [5.41, 5.74) is 0.182. The van der Waals surface area contributed by atoms with Crippen LogP contribution in [0.25, 0.3) is 0 Å². The average molecular weight is 235 g/mol. The molecular formula is C10H9N3O4. The number of benzene rings is 1. The molecule has 0 fully saturated rings. The van der Waals surface area contributed by atoms with Gasteiger partial charge < -0.3 is 10.6 Å². The van der Waals surface area contributed by atoms with Crippen LogP contribution in [0, 0.1) is 10.1 Å². The minimum absolute atomic E-state index is 0.0944. The molecule has 1 aromatic rings. The second-order valence-corrected chi connectivity index (χ2v) is 3.67. The number of carbonyl (C=O) groups is 2. The largest absolute Gasteiger partial charge is 0.340 e. The fraction of sp³-hybridized carbons (Fsp3) is 0.200. The predicted molar refractivity (Wildman–Crippen MR) is 58.7 cm³/mol. The number of nitrogens with zero attached hydrogens (tertiary/aromatic N) is 1. The monoisotopic (exact) mass is 235 g/mol. The number of anilines is 1. The Balaban J connectivity index is 2.51. The van der Waals surface area contributed by atoms with Gasteiger partial charge in [-0.3, -0.25) is 19.7 Å². The third-order valence-corrected chi connectivity index (χ3v) is 2.46. The number of hydrogen-bond acceptors (Lipinski definition) is 4. The van der Waals surface area contributed by atoms with Crippen LogP contribution in [0.5, 0.6) is 0 Å². The van der Waals surface area contributed by atoms with E-state index < -0.39 is 16.9 Å². The lowest BCUT2D eigenvalue weighted by atomic mass is 10.1. The van der Waals surface area contributed by atoms with Crippen LogP contribution in [0.15, 0.2) is 18.2 Å². The minimum Gasteiger partial charge on any atom is -0.340 e. The number of hydrogen-bond donors (Lipinski definition) is 2. The number of carbonyl (C=O) groups excluding carboxylic acids is 2. The molecule has 7 nitrogen and oxygen atoms in total. The molecule has 1 aromatic carbocycles. The fourth-order valence-corrected chi connectivity index (χ4v) is 1.52. The van der Waals surface area contributed by atoms with Crippen LogP contribution < -0.4 is 10.6 Å². The molecule has 1 atom stereocenters. The van der Waals surface area contributed by atoms with E-state index in [2.05, 4.69) is 10.6 Å². The molecule has 2 amide bonds. The van der Waals surface area contributed by atoms with Gasteiger partial charge in [0, 0.05) is 12.1 Å². The van der Waals surface area contributed by atoms with Gasteiger partial charge in [0.1, 0.15) is 6.04 Å². The highest BCUT2D eigenvalue weighted by atomic mass is 16.6. The van der Waals surface area contributed by atoms with Gasteiger partial charge in [-0.1, -0.05) is 0 Å². The van der Waals surface area contributed by atoms with Crippen molar-refractivity contribution < 1.29 is 14.5 Å². The summed E-state index contributed by atoms with van der Waals surface area (Å²) in [5.74, 6) is -0.861. The molecule has 2 rings (SSSR count). The summed E-state index contributed by atoms with van der Waals surface area (Å²) in [6.45, 7) is 1.54. The molecular weight excluding hydrogens is 226 g/mol. The van der Waals surface area contributed by atoms with Gasteiger partial charge in [0.05, 0.1) is 16.2 Å². The van der Waals surface area contributed by atoms with Crippen molar-refractivity contribution in [3.63, 3.8) is 0 Å². The molecule has 2 N–H and O–H groups in total. The second kappa shape index (κ2) is 3.85. The third-order valence-electron chi connectivity index (χ3n) is 2.46. The van der Waals surface area contributed by atoms with E-state index in [1.54, 1.807) is 0 Å². The molecule has 0 saturated heterocycles. The summed E-state index contributed by atoms with van der Waals surface area (Å²) >= 11 is 0. The number of nitro benzene ring substituents is 1. The molecule has 0 aliphatic carbocycles. The van der Waals surface area contributed by atoms with Gasteiger partial charge in [-0.2, -0.15) is 0 Å². The highest BCUT2D eigenvalue weighted by molar-refractivity contribution is 6.10. The van der Waals surface area contributed by atoms with Crippen molar-refractivity contribution in [2.75, 3.05) is 5.32 Å². The van der Waals surface area contributed by atoms with Crippen LogP contribution in [-0.4, -0.2) is 22.8 Å². The van der Waals surface area contributed by atoms with E-state index in [0.717, 1.165) is 6.07 Å². The van der Waals surface area contributed by atoms with Gasteiger partial charge >= 0.3 is 0 Å². The zero-order chi connectivity index (χ0) is 12.6. The molecule has 0 bridgehead atoms. The lowest BCUT2D eigenvalue weighted by Crippen LogP contribution is -2.38. The molecule has 1 aliphatic rings. The van der Waals surface area contributed by atoms with E-state index in [1.807, 2.05) is 0 Å². The Hall–Kier alpha value is -2.44. The van der Waals surface area contributed by atoms with Crippen molar-refractivity contribution in [2.45, 2.75) is 13.0 Å². The lowest BCUT2D eigenvalue weighted by molar-refractivity contribution is -0.384. The Morgan fingerprint density at radius 2 is 2.06 bits per heavy atom. The Morgan fingerprint density at radius 3 is 2.71 bits per heavy atom. The van der Waals surface area contributed by atoms with Crippen molar-refractivity contribution in [3.05, 3.63) is 33.9 Å². The molecule has 0 spiro atoms. The summed E-state index contributed by atoms with van der Waals surface area (Å²) in [5, 5.41) is 15.6. The summed E-state index contributed by atoms with van der Waals surface area (Å²) in [6.07, 6.45) is 0. The number of nitro groups is 1. The Morgan fingerprint density at radius 1 is 1.35 bits per heavy atom. The van der Waals surface area contributed by atoms with Crippen LogP contribution in [0.1, 0.15) is 17.3 Å². The summed E-state index contributed by atoms with van der Waals surface area (Å²) in [7, 11) is 0. The first-order chi connectivity index (χ1) is 7.99. The quantitative estimate of drug-likeness (QED) is 0.551. The van der Waals surface area contributed by atoms with Gasteiger partial charge in [-0.15, -0.1) is 0 Å². The Bertz CT molecular complexity index is 526. The average Bonchev–Trinajstić information content (AvgIpc) is 2.37. The van der Waals surface area contributed by atoms with Crippen molar-refractivity contribution in [1.29, 1.82) is 0 Å². The number of amides is 2. The molecule has 88 valence electrons. The maximum absolute atomic E-state index is 11.7. The van der Waals surface area contributed by atoms with E-state index >= 15 is 0 Å². The van der Waals surface area contributed by atoms with Crippen molar-refractivity contribution in [3.8, 4) is 0 Å². The van der Waals surface area contributed by atoms with Crippen LogP contribution >= 0.6 is 0 Å². The Kier molecular flexibility index (Phi) is 2.51. The van der Waals surface area contributed by atoms with Crippen LogP contribution in [-0.2, 0) is 4.79 Å². The van der Waals surface area contributed by atoms with Crippen LogP contribution in [0.3, 0.4) is 0 Å². The first-order valence-corrected chi connectivity index (χ1v) is 4.89. The summed E-state index contributed by atoms with van der Waals surface area (Å²) < 4.78 is 0. The zero-order valence-electron chi connectivity index (χ0n) is 8.89. The van der Waals surface area contributed by atoms with Crippen LogP contribution in [0.2, 0.25) is 0 Å². The van der Waals surface area contributed by atoms with Gasteiger partial charge in [-0.25, -0.2) is 0 Å². The van der Waals surface area contributed by atoms with E-state index in [1.165, 1.54) is 19.1 Å². The fourth-order valence-electron chi connectivity index (χ4n) is 1.52. The molecule has 1 aliphatic heterocycles. The highest BCUT2D eigenvalue weighted by Gasteiger charge is 2.26. The molecule has 7 heteroatoms. The maximum atomic E-state index is 11.7. The SMILES string of the molecule is CC1NC(=O)c2cc([N+](=O)[O-])ccc2NC1=O. The van der Waals surface area contributed by atoms with Gasteiger partial charge in [0.15, 0.2) is 0 Å². The number of fused-ring (bicyclic) bond motifs is 1. The summed E-state index contributed by atoms with van der Waals surface area (Å²) in [4.78, 5) is 33.2. The normalized spacial score (nSPS) is 18.8. The van der Waals surface area contributed by atoms with Crippen molar-refractivity contribution in [1.82, 2.24) is 5.32 Å². The van der Waals surface area contributed by atoms with E-state index in [9.17, 15) is 19.7 Å². The van der Waals surface area contributed by atoms with Gasteiger partial charge in [0.2, 0.25) is 5.91 Å². The van der Waals surface area contributed by atoms with Gasteiger partial charge in [0.25, 0.3) is 11.6 Å². The molecule has 0 aromatic heterocycles. The molecule has 1 unspecified atom stereocenters. The highest BCUT2D eigenvalue weighted by Crippen LogP contribution is 2.23. The lowest BCUT2D eigenvalue weighted by Gasteiger charge is -2.06. The topological polar surface area (TPSA) is 101 Å². The molecule has 17 heavy (non-hydrogen) atoms. The predicted octanol–water partition coefficient (Wildman–Crippen LogP) is 0.665.